The summed E-state index contributed by atoms with van der Waals surface area (Å²) in [5.41, 5.74) is 6.43. The molecule has 0 spiro atoms. The molecule has 1 rings (SSSR count). The molecule has 0 aliphatic heterocycles. The van der Waals surface area contributed by atoms with Gasteiger partial charge in [0.1, 0.15) is 5.75 Å². The van der Waals surface area contributed by atoms with E-state index in [-0.39, 0.29) is 5.75 Å². The maximum atomic E-state index is 11.8. The number of hydrogen-bond acceptors (Lipinski definition) is 4. The molecule has 0 aromatic heterocycles. The average molecular weight is 316 g/mol. The molecule has 0 aliphatic carbocycles. The van der Waals surface area contributed by atoms with Crippen LogP contribution >= 0.6 is 15.9 Å². The highest BCUT2D eigenvalue weighted by molar-refractivity contribution is 9.10. The van der Waals surface area contributed by atoms with Crippen molar-refractivity contribution in [2.45, 2.75) is 26.8 Å². The van der Waals surface area contributed by atoms with Crippen LogP contribution in [0, 0.1) is 12.3 Å². The van der Waals surface area contributed by atoms with Gasteiger partial charge in [0.05, 0.1) is 18.6 Å². The van der Waals surface area contributed by atoms with Crippen molar-refractivity contribution in [1.29, 1.82) is 0 Å². The summed E-state index contributed by atoms with van der Waals surface area (Å²) in [7, 11) is 1.32. The van der Waals surface area contributed by atoms with Gasteiger partial charge in [-0.25, -0.2) is 0 Å². The van der Waals surface area contributed by atoms with Crippen LogP contribution in [0.15, 0.2) is 16.6 Å². The molecular formula is C13H18BrNO3. The molecule has 0 fully saturated rings. The fourth-order valence-electron chi connectivity index (χ4n) is 1.74. The minimum absolute atomic E-state index is 0.105. The summed E-state index contributed by atoms with van der Waals surface area (Å²) < 4.78 is 5.43. The summed E-state index contributed by atoms with van der Waals surface area (Å²) >= 11 is 3.35. The lowest BCUT2D eigenvalue weighted by Crippen LogP contribution is -2.37. The molecule has 0 saturated heterocycles. The first kappa shape index (κ1) is 15.0. The van der Waals surface area contributed by atoms with Gasteiger partial charge in [0.2, 0.25) is 0 Å². The molecule has 1 aromatic carbocycles. The smallest absolute Gasteiger partial charge is 0.313 e. The van der Waals surface area contributed by atoms with Crippen LogP contribution in [0.4, 0.5) is 0 Å². The minimum atomic E-state index is -0.928. The van der Waals surface area contributed by atoms with E-state index in [1.165, 1.54) is 7.11 Å². The Morgan fingerprint density at radius 1 is 1.50 bits per heavy atom. The molecule has 0 aliphatic rings. The summed E-state index contributed by atoms with van der Waals surface area (Å²) in [6.07, 6.45) is 0. The second kappa shape index (κ2) is 5.28. The highest BCUT2D eigenvalue weighted by atomic mass is 79.9. The molecule has 3 N–H and O–H groups in total. The van der Waals surface area contributed by atoms with Crippen molar-refractivity contribution in [3.63, 3.8) is 0 Å². The Hall–Kier alpha value is -1.07. The zero-order valence-corrected chi connectivity index (χ0v) is 12.5. The van der Waals surface area contributed by atoms with Gasteiger partial charge < -0.3 is 15.6 Å². The summed E-state index contributed by atoms with van der Waals surface area (Å²) in [5.74, 6) is -0.309. The van der Waals surface area contributed by atoms with E-state index in [2.05, 4.69) is 15.9 Å². The summed E-state index contributed by atoms with van der Waals surface area (Å²) in [6.45, 7) is 5.17. The van der Waals surface area contributed by atoms with Crippen molar-refractivity contribution >= 4 is 21.9 Å². The van der Waals surface area contributed by atoms with E-state index in [9.17, 15) is 9.90 Å². The van der Waals surface area contributed by atoms with Crippen molar-refractivity contribution < 1.29 is 14.6 Å². The van der Waals surface area contributed by atoms with E-state index in [1.54, 1.807) is 32.9 Å². The van der Waals surface area contributed by atoms with Crippen LogP contribution in [0.2, 0.25) is 0 Å². The maximum Gasteiger partial charge on any atom is 0.313 e. The second-order valence-electron chi connectivity index (χ2n) is 4.82. The Kier molecular flexibility index (Phi) is 4.40. The van der Waals surface area contributed by atoms with Gasteiger partial charge in [-0.2, -0.15) is 0 Å². The molecule has 0 bridgehead atoms. The molecule has 4 nitrogen and oxygen atoms in total. The van der Waals surface area contributed by atoms with Crippen molar-refractivity contribution in [2.75, 3.05) is 7.11 Å². The van der Waals surface area contributed by atoms with Gasteiger partial charge in [0.15, 0.2) is 0 Å². The molecule has 18 heavy (non-hydrogen) atoms. The van der Waals surface area contributed by atoms with E-state index in [1.807, 2.05) is 0 Å². The molecule has 0 amide bonds. The van der Waals surface area contributed by atoms with Gasteiger partial charge in [-0.15, -0.1) is 0 Å². The van der Waals surface area contributed by atoms with Crippen molar-refractivity contribution in [2.24, 2.45) is 11.1 Å². The third kappa shape index (κ3) is 2.52. The minimum Gasteiger partial charge on any atom is -0.507 e. The predicted octanol–water partition coefficient (Wildman–Crippen LogP) is 2.66. The van der Waals surface area contributed by atoms with E-state index >= 15 is 0 Å². The first-order chi connectivity index (χ1) is 8.23. The first-order valence-electron chi connectivity index (χ1n) is 5.55. The monoisotopic (exact) mass is 315 g/mol. The predicted molar refractivity (Wildman–Crippen MR) is 73.3 cm³/mol. The number of ether oxygens (including phenoxy) is 1. The average Bonchev–Trinajstić information content (AvgIpc) is 2.33. The van der Waals surface area contributed by atoms with Crippen LogP contribution in [0.1, 0.15) is 31.0 Å². The Bertz CT molecular complexity index is 472. The zero-order valence-electron chi connectivity index (χ0n) is 11.0. The lowest BCUT2D eigenvalue weighted by atomic mass is 9.80. The summed E-state index contributed by atoms with van der Waals surface area (Å²) in [4.78, 5) is 11.8. The van der Waals surface area contributed by atoms with Crippen molar-refractivity contribution in [1.82, 2.24) is 0 Å². The number of methoxy groups -OCH3 is 1. The molecule has 0 heterocycles. The molecule has 0 radical (unpaired) electrons. The molecule has 5 heteroatoms. The number of halogens is 1. The largest absolute Gasteiger partial charge is 0.507 e. The fraction of sp³-hybridized carbons (Fsp3) is 0.462. The maximum absolute atomic E-state index is 11.8. The van der Waals surface area contributed by atoms with E-state index < -0.39 is 17.4 Å². The highest BCUT2D eigenvalue weighted by Crippen LogP contribution is 2.41. The number of aryl methyl sites for hydroxylation is 1. The third-order valence-corrected chi connectivity index (χ3v) is 3.86. The molecule has 100 valence electrons. The number of carbonyl (C=O) groups is 1. The van der Waals surface area contributed by atoms with Crippen molar-refractivity contribution in [3.8, 4) is 5.75 Å². The van der Waals surface area contributed by atoms with Gasteiger partial charge in [-0.05, 0) is 32.4 Å². The van der Waals surface area contributed by atoms with E-state index in [4.69, 9.17) is 10.5 Å². The van der Waals surface area contributed by atoms with Gasteiger partial charge in [0, 0.05) is 10.0 Å². The quantitative estimate of drug-likeness (QED) is 0.841. The normalized spacial score (nSPS) is 13.2. The fourth-order valence-corrected chi connectivity index (χ4v) is 2.31. The number of hydrogen-bond donors (Lipinski definition) is 2. The van der Waals surface area contributed by atoms with Crippen LogP contribution in [-0.4, -0.2) is 18.2 Å². The van der Waals surface area contributed by atoms with E-state index in [0.29, 0.717) is 15.6 Å². The van der Waals surface area contributed by atoms with Gasteiger partial charge in [-0.1, -0.05) is 22.0 Å². The molecular weight excluding hydrogens is 298 g/mol. The number of rotatable bonds is 3. The zero-order chi connectivity index (χ0) is 14.1. The van der Waals surface area contributed by atoms with Crippen molar-refractivity contribution in [3.05, 3.63) is 27.7 Å². The van der Waals surface area contributed by atoms with Crippen LogP contribution in [0.5, 0.6) is 5.75 Å². The third-order valence-electron chi connectivity index (χ3n) is 3.17. The number of phenols is 1. The Morgan fingerprint density at radius 3 is 2.56 bits per heavy atom. The summed E-state index contributed by atoms with van der Waals surface area (Å²) in [5, 5.41) is 10.1. The second-order valence-corrected chi connectivity index (χ2v) is 5.67. The van der Waals surface area contributed by atoms with Gasteiger partial charge in [-0.3, -0.25) is 4.79 Å². The summed E-state index contributed by atoms with van der Waals surface area (Å²) in [6, 6.07) is 2.91. The van der Waals surface area contributed by atoms with Crippen LogP contribution in [-0.2, 0) is 9.53 Å². The lowest BCUT2D eigenvalue weighted by molar-refractivity contribution is -0.152. The number of aromatic hydroxyl groups is 1. The van der Waals surface area contributed by atoms with Crippen LogP contribution in [0.25, 0.3) is 0 Å². The number of carbonyl (C=O) groups excluding carboxylic acids is 1. The SMILES string of the molecule is COC(=O)C(C)(C)[C@H](N)c1c(Br)ccc(C)c1O. The highest BCUT2D eigenvalue weighted by Gasteiger charge is 2.38. The Morgan fingerprint density at radius 2 is 2.06 bits per heavy atom. The number of benzene rings is 1. The van der Waals surface area contributed by atoms with Gasteiger partial charge in [0.25, 0.3) is 0 Å². The van der Waals surface area contributed by atoms with Crippen LogP contribution in [0.3, 0.4) is 0 Å². The number of phenolic OH excluding ortho intramolecular Hbond substituents is 1. The first-order valence-corrected chi connectivity index (χ1v) is 6.34. The van der Waals surface area contributed by atoms with Gasteiger partial charge >= 0.3 is 5.97 Å². The van der Waals surface area contributed by atoms with E-state index in [0.717, 1.165) is 0 Å². The Labute approximate surface area is 115 Å². The molecule has 1 atom stereocenters. The number of esters is 1. The standard InChI is InChI=1S/C13H18BrNO3/c1-7-5-6-8(14)9(10(7)16)11(15)13(2,3)12(17)18-4/h5-6,11,16H,15H2,1-4H3/t11-/m1/s1. The molecule has 0 saturated carbocycles. The Balaban J connectivity index is 3.31. The topological polar surface area (TPSA) is 72.5 Å². The van der Waals surface area contributed by atoms with Crippen LogP contribution < -0.4 is 5.73 Å². The number of nitrogens with two attached hydrogens (primary N) is 1. The molecule has 1 aromatic rings. The lowest BCUT2D eigenvalue weighted by Gasteiger charge is -2.30. The molecule has 0 unspecified atom stereocenters.